The van der Waals surface area contributed by atoms with E-state index < -0.39 is 0 Å². The van der Waals surface area contributed by atoms with Crippen LogP contribution in [0.25, 0.3) is 5.82 Å². The zero-order valence-electron chi connectivity index (χ0n) is 7.12. The molecule has 68 valence electrons. The number of aromatic nitrogens is 6. The highest BCUT2D eigenvalue weighted by molar-refractivity contribution is 5.19. The normalized spacial score (nSPS) is 10.5. The summed E-state index contributed by atoms with van der Waals surface area (Å²) in [5.41, 5.74) is 5.38. The second kappa shape index (κ2) is 2.85. The van der Waals surface area contributed by atoms with Crippen LogP contribution in [0.3, 0.4) is 0 Å². The number of anilines is 1. The molecule has 13 heavy (non-hydrogen) atoms. The number of hydrogen-bond donors (Lipinski definition) is 1. The van der Waals surface area contributed by atoms with Gasteiger partial charge in [0.15, 0.2) is 5.82 Å². The van der Waals surface area contributed by atoms with Crippen molar-refractivity contribution in [1.29, 1.82) is 0 Å². The fourth-order valence-electron chi connectivity index (χ4n) is 1.04. The standard InChI is InChI=1S/C6H9N7/c1-2-12-5(3-9-11-12)13-4-8-6(7)10-13/h3-4H,2H2,1H3,(H2,7,10). The molecule has 0 atom stereocenters. The quantitative estimate of drug-likeness (QED) is 0.669. The molecule has 0 aliphatic carbocycles. The molecule has 0 bridgehead atoms. The van der Waals surface area contributed by atoms with Crippen molar-refractivity contribution in [3.8, 4) is 5.82 Å². The molecule has 0 saturated carbocycles. The summed E-state index contributed by atoms with van der Waals surface area (Å²) >= 11 is 0. The molecule has 0 unspecified atom stereocenters. The number of aryl methyl sites for hydroxylation is 1. The van der Waals surface area contributed by atoms with Crippen LogP contribution >= 0.6 is 0 Å². The van der Waals surface area contributed by atoms with Gasteiger partial charge < -0.3 is 5.73 Å². The lowest BCUT2D eigenvalue weighted by molar-refractivity contribution is 0.599. The third kappa shape index (κ3) is 1.24. The molecule has 2 N–H and O–H groups in total. The molecule has 0 fully saturated rings. The Balaban J connectivity index is 2.45. The molecule has 2 heterocycles. The van der Waals surface area contributed by atoms with Crippen LogP contribution < -0.4 is 5.73 Å². The van der Waals surface area contributed by atoms with Gasteiger partial charge in [0.1, 0.15) is 6.33 Å². The van der Waals surface area contributed by atoms with Gasteiger partial charge in [-0.05, 0) is 6.92 Å². The SMILES string of the molecule is CCn1nncc1-n1cnc(N)n1. The fourth-order valence-corrected chi connectivity index (χ4v) is 1.04. The summed E-state index contributed by atoms with van der Waals surface area (Å²) in [6.07, 6.45) is 3.14. The summed E-state index contributed by atoms with van der Waals surface area (Å²) in [5.74, 6) is 0.996. The molecule has 0 radical (unpaired) electrons. The van der Waals surface area contributed by atoms with E-state index in [9.17, 15) is 0 Å². The van der Waals surface area contributed by atoms with E-state index in [0.29, 0.717) is 0 Å². The van der Waals surface area contributed by atoms with E-state index in [0.717, 1.165) is 12.4 Å². The second-order valence-electron chi connectivity index (χ2n) is 2.46. The lowest BCUT2D eigenvalue weighted by Gasteiger charge is -2.00. The van der Waals surface area contributed by atoms with E-state index in [4.69, 9.17) is 5.73 Å². The summed E-state index contributed by atoms with van der Waals surface area (Å²) in [4.78, 5) is 3.81. The van der Waals surface area contributed by atoms with E-state index in [-0.39, 0.29) is 5.95 Å². The van der Waals surface area contributed by atoms with E-state index in [2.05, 4.69) is 20.4 Å². The first-order chi connectivity index (χ1) is 6.31. The lowest BCUT2D eigenvalue weighted by atomic mass is 10.7. The van der Waals surface area contributed by atoms with Crippen LogP contribution in [0.5, 0.6) is 0 Å². The first-order valence-electron chi connectivity index (χ1n) is 3.87. The predicted molar refractivity (Wildman–Crippen MR) is 45.0 cm³/mol. The molecule has 7 nitrogen and oxygen atoms in total. The zero-order chi connectivity index (χ0) is 9.26. The van der Waals surface area contributed by atoms with E-state index >= 15 is 0 Å². The fraction of sp³-hybridized carbons (Fsp3) is 0.333. The average Bonchev–Trinajstić information content (AvgIpc) is 2.71. The zero-order valence-corrected chi connectivity index (χ0v) is 7.12. The third-order valence-electron chi connectivity index (χ3n) is 1.64. The van der Waals surface area contributed by atoms with E-state index in [1.165, 1.54) is 6.33 Å². The van der Waals surface area contributed by atoms with Gasteiger partial charge >= 0.3 is 0 Å². The first-order valence-corrected chi connectivity index (χ1v) is 3.87. The molecule has 2 rings (SSSR count). The molecular weight excluding hydrogens is 170 g/mol. The molecule has 0 amide bonds. The Kier molecular flexibility index (Phi) is 1.69. The minimum absolute atomic E-state index is 0.240. The summed E-state index contributed by atoms with van der Waals surface area (Å²) in [7, 11) is 0. The number of hydrogen-bond acceptors (Lipinski definition) is 5. The average molecular weight is 179 g/mol. The number of nitrogens with two attached hydrogens (primary N) is 1. The summed E-state index contributed by atoms with van der Waals surface area (Å²) in [6.45, 7) is 2.70. The number of nitrogen functional groups attached to an aromatic ring is 1. The topological polar surface area (TPSA) is 87.4 Å². The van der Waals surface area contributed by atoms with Crippen molar-refractivity contribution in [2.24, 2.45) is 0 Å². The Morgan fingerprint density at radius 2 is 2.38 bits per heavy atom. The molecule has 0 saturated heterocycles. The van der Waals surface area contributed by atoms with Crippen LogP contribution in [0.1, 0.15) is 6.92 Å². The highest BCUT2D eigenvalue weighted by atomic mass is 15.5. The molecular formula is C6H9N7. The van der Waals surface area contributed by atoms with Crippen molar-refractivity contribution in [3.63, 3.8) is 0 Å². The van der Waals surface area contributed by atoms with Gasteiger partial charge in [0.25, 0.3) is 0 Å². The lowest BCUT2D eigenvalue weighted by Crippen LogP contribution is -2.06. The smallest absolute Gasteiger partial charge is 0.239 e. The van der Waals surface area contributed by atoms with Crippen molar-refractivity contribution in [2.45, 2.75) is 13.5 Å². The minimum atomic E-state index is 0.240. The Morgan fingerprint density at radius 3 is 3.00 bits per heavy atom. The molecule has 0 aromatic carbocycles. The predicted octanol–water partition coefficient (Wildman–Crippen LogP) is -0.539. The van der Waals surface area contributed by atoms with Gasteiger partial charge in [-0.2, -0.15) is 4.68 Å². The Bertz CT molecular complexity index is 401. The van der Waals surface area contributed by atoms with Crippen molar-refractivity contribution in [1.82, 2.24) is 29.8 Å². The van der Waals surface area contributed by atoms with Gasteiger partial charge in [-0.15, -0.1) is 10.2 Å². The van der Waals surface area contributed by atoms with Crippen molar-refractivity contribution >= 4 is 5.95 Å². The number of nitrogens with zero attached hydrogens (tertiary/aromatic N) is 6. The van der Waals surface area contributed by atoms with Crippen molar-refractivity contribution in [3.05, 3.63) is 12.5 Å². The molecule has 0 spiro atoms. The monoisotopic (exact) mass is 179 g/mol. The van der Waals surface area contributed by atoms with Crippen molar-refractivity contribution < 1.29 is 0 Å². The molecule has 2 aromatic heterocycles. The van der Waals surface area contributed by atoms with Gasteiger partial charge in [0.2, 0.25) is 5.95 Å². The maximum absolute atomic E-state index is 5.38. The Labute approximate surface area is 74.2 Å². The van der Waals surface area contributed by atoms with Crippen LogP contribution in [0, 0.1) is 0 Å². The second-order valence-corrected chi connectivity index (χ2v) is 2.46. The van der Waals surface area contributed by atoms with Crippen molar-refractivity contribution in [2.75, 3.05) is 5.73 Å². The van der Waals surface area contributed by atoms with Gasteiger partial charge in [-0.3, -0.25) is 0 Å². The van der Waals surface area contributed by atoms with E-state index in [1.54, 1.807) is 15.6 Å². The van der Waals surface area contributed by atoms with Crippen LogP contribution in [-0.4, -0.2) is 29.8 Å². The van der Waals surface area contributed by atoms with E-state index in [1.807, 2.05) is 6.92 Å². The van der Waals surface area contributed by atoms with Gasteiger partial charge in [-0.1, -0.05) is 5.21 Å². The summed E-state index contributed by atoms with van der Waals surface area (Å²) < 4.78 is 3.24. The van der Waals surface area contributed by atoms with Gasteiger partial charge in [-0.25, -0.2) is 9.67 Å². The third-order valence-corrected chi connectivity index (χ3v) is 1.64. The molecule has 7 heteroatoms. The maximum atomic E-state index is 5.38. The minimum Gasteiger partial charge on any atom is -0.366 e. The Hall–Kier alpha value is -1.92. The van der Waals surface area contributed by atoms with Crippen LogP contribution in [-0.2, 0) is 6.54 Å². The van der Waals surface area contributed by atoms with Gasteiger partial charge in [0, 0.05) is 6.54 Å². The number of rotatable bonds is 2. The Morgan fingerprint density at radius 1 is 1.54 bits per heavy atom. The molecule has 0 aliphatic heterocycles. The summed E-state index contributed by atoms with van der Waals surface area (Å²) in [6, 6.07) is 0. The van der Waals surface area contributed by atoms with Crippen LogP contribution in [0.4, 0.5) is 5.95 Å². The molecule has 0 aliphatic rings. The molecule has 2 aromatic rings. The maximum Gasteiger partial charge on any atom is 0.239 e. The van der Waals surface area contributed by atoms with Crippen LogP contribution in [0.15, 0.2) is 12.5 Å². The largest absolute Gasteiger partial charge is 0.366 e. The van der Waals surface area contributed by atoms with Crippen LogP contribution in [0.2, 0.25) is 0 Å². The highest BCUT2D eigenvalue weighted by Crippen LogP contribution is 2.03. The highest BCUT2D eigenvalue weighted by Gasteiger charge is 2.05. The first kappa shape index (κ1) is 7.71. The summed E-state index contributed by atoms with van der Waals surface area (Å²) in [5, 5.41) is 11.6. The van der Waals surface area contributed by atoms with Gasteiger partial charge in [0.05, 0.1) is 6.20 Å².